The van der Waals surface area contributed by atoms with Crippen LogP contribution in [0.5, 0.6) is 0 Å². The predicted molar refractivity (Wildman–Crippen MR) is 170 cm³/mol. The molecule has 194 valence electrons. The third-order valence-electron chi connectivity index (χ3n) is 9.27. The van der Waals surface area contributed by atoms with E-state index in [-0.39, 0.29) is 6.85 Å². The van der Waals surface area contributed by atoms with Crippen LogP contribution in [0.2, 0.25) is 0 Å². The van der Waals surface area contributed by atoms with Crippen LogP contribution >= 0.6 is 0 Å². The highest BCUT2D eigenvalue weighted by Gasteiger charge is 2.42. The molecule has 7 aromatic rings. The zero-order valence-corrected chi connectivity index (χ0v) is 23.5. The average molecular weight is 526 g/mol. The van der Waals surface area contributed by atoms with E-state index in [1.165, 1.54) is 72.2 Å². The van der Waals surface area contributed by atoms with Crippen molar-refractivity contribution in [3.8, 4) is 39.6 Å². The molecule has 0 amide bonds. The predicted octanol–water partition coefficient (Wildman–Crippen LogP) is 6.89. The van der Waals surface area contributed by atoms with Crippen LogP contribution in [0.25, 0.3) is 61.7 Å². The van der Waals surface area contributed by atoms with Crippen molar-refractivity contribution in [2.75, 3.05) is 0 Å². The maximum atomic E-state index is 5.35. The van der Waals surface area contributed by atoms with Crippen molar-refractivity contribution < 1.29 is 0 Å². The Hall–Kier alpha value is -4.90. The van der Waals surface area contributed by atoms with Crippen molar-refractivity contribution in [3.63, 3.8) is 0 Å². The van der Waals surface area contributed by atoms with Crippen molar-refractivity contribution in [2.45, 2.75) is 27.7 Å². The zero-order valence-electron chi connectivity index (χ0n) is 23.5. The SMILES string of the molecule is Cc1cccc(C)c1-c1nc2cccc3c2n1B1c2c-3cccc2-n2c(-c3c(C)cccc3C)nc3cccc1c32. The minimum Gasteiger partial charge on any atom is -0.359 e. The van der Waals surface area contributed by atoms with E-state index >= 15 is 0 Å². The van der Waals surface area contributed by atoms with Crippen LogP contribution in [-0.4, -0.2) is 25.9 Å². The molecule has 0 saturated carbocycles. The van der Waals surface area contributed by atoms with Gasteiger partial charge >= 0.3 is 6.85 Å². The molecule has 41 heavy (non-hydrogen) atoms. The molecule has 0 unspecified atom stereocenters. The summed E-state index contributed by atoms with van der Waals surface area (Å²) in [5, 5.41) is 0. The summed E-state index contributed by atoms with van der Waals surface area (Å²) >= 11 is 0. The van der Waals surface area contributed by atoms with Gasteiger partial charge in [0.25, 0.3) is 0 Å². The van der Waals surface area contributed by atoms with E-state index in [1.54, 1.807) is 0 Å². The van der Waals surface area contributed by atoms with Gasteiger partial charge in [0, 0.05) is 22.4 Å². The minimum atomic E-state index is -0.00572. The molecule has 5 aromatic carbocycles. The first-order valence-corrected chi connectivity index (χ1v) is 14.3. The normalized spacial score (nSPS) is 12.8. The third kappa shape index (κ3) is 2.81. The number of hydrogen-bond acceptors (Lipinski definition) is 2. The van der Waals surface area contributed by atoms with E-state index in [9.17, 15) is 0 Å². The van der Waals surface area contributed by atoms with Gasteiger partial charge in [-0.05, 0) is 84.6 Å². The summed E-state index contributed by atoms with van der Waals surface area (Å²) in [7, 11) is 0. The molecule has 0 atom stereocenters. The Morgan fingerprint density at radius 1 is 0.537 bits per heavy atom. The van der Waals surface area contributed by atoms with E-state index in [1.807, 2.05) is 0 Å². The fourth-order valence-corrected chi connectivity index (χ4v) is 7.60. The molecule has 9 rings (SSSR count). The lowest BCUT2D eigenvalue weighted by Crippen LogP contribution is -2.55. The Bertz CT molecular complexity index is 2230. The standard InChI is InChI=1S/C36H27BN4/c1-20-10-5-11-21(2)30(20)35-38-28-18-9-16-26-34(28)40(35)29-19-8-14-24-25-15-7-17-27-33(25)41(37(26)32(24)29)36(39-27)31-22(3)12-6-13-23(31)4/h5-19H,1-4H3. The Balaban J connectivity index is 1.47. The molecule has 0 bridgehead atoms. The smallest absolute Gasteiger partial charge is 0.334 e. The summed E-state index contributed by atoms with van der Waals surface area (Å²) in [6.07, 6.45) is 0. The Kier molecular flexibility index (Phi) is 4.38. The van der Waals surface area contributed by atoms with Crippen molar-refractivity contribution in [2.24, 2.45) is 0 Å². The van der Waals surface area contributed by atoms with Crippen LogP contribution in [0.15, 0.2) is 91.0 Å². The van der Waals surface area contributed by atoms with Crippen LogP contribution in [-0.2, 0) is 0 Å². The molecule has 4 nitrogen and oxygen atoms in total. The van der Waals surface area contributed by atoms with Crippen molar-refractivity contribution in [1.82, 2.24) is 19.0 Å². The topological polar surface area (TPSA) is 35.6 Å². The van der Waals surface area contributed by atoms with Gasteiger partial charge in [-0.1, -0.05) is 72.8 Å². The minimum absolute atomic E-state index is 0.00572. The summed E-state index contributed by atoms with van der Waals surface area (Å²) in [5.41, 5.74) is 18.2. The van der Waals surface area contributed by atoms with Crippen LogP contribution in [0.1, 0.15) is 22.3 Å². The lowest BCUT2D eigenvalue weighted by molar-refractivity contribution is 1.09. The fourth-order valence-electron chi connectivity index (χ4n) is 7.60. The number of hydrogen-bond donors (Lipinski definition) is 0. The van der Waals surface area contributed by atoms with Gasteiger partial charge in [-0.25, -0.2) is 9.97 Å². The van der Waals surface area contributed by atoms with Crippen LogP contribution in [0, 0.1) is 27.7 Å². The molecular formula is C36H27BN4. The van der Waals surface area contributed by atoms with Gasteiger partial charge in [-0.3, -0.25) is 4.57 Å². The first-order chi connectivity index (χ1) is 20.0. The molecule has 0 N–H and O–H groups in total. The summed E-state index contributed by atoms with van der Waals surface area (Å²) < 4.78 is 4.95. The Labute approximate surface area is 239 Å². The molecule has 2 aliphatic rings. The zero-order chi connectivity index (χ0) is 27.6. The molecule has 0 fully saturated rings. The number of aromatic nitrogens is 4. The molecule has 5 heteroatoms. The van der Waals surface area contributed by atoms with Crippen LogP contribution in [0.3, 0.4) is 0 Å². The van der Waals surface area contributed by atoms with Gasteiger partial charge in [0.1, 0.15) is 11.6 Å². The summed E-state index contributed by atoms with van der Waals surface area (Å²) in [6, 6.07) is 33.0. The van der Waals surface area contributed by atoms with Crippen LogP contribution in [0.4, 0.5) is 0 Å². The second-order valence-electron chi connectivity index (χ2n) is 11.6. The first kappa shape index (κ1) is 22.9. The van der Waals surface area contributed by atoms with Gasteiger partial charge in [-0.15, -0.1) is 0 Å². The molecule has 2 aromatic heterocycles. The molecule has 0 radical (unpaired) electrons. The van der Waals surface area contributed by atoms with E-state index in [0.717, 1.165) is 22.7 Å². The number of imidazole rings is 2. The number of para-hydroxylation sites is 2. The van der Waals surface area contributed by atoms with Gasteiger partial charge in [-0.2, -0.15) is 0 Å². The lowest BCUT2D eigenvalue weighted by Gasteiger charge is -2.34. The maximum Gasteiger partial charge on any atom is 0.334 e. The quantitative estimate of drug-likeness (QED) is 0.230. The van der Waals surface area contributed by atoms with E-state index in [0.29, 0.717) is 0 Å². The summed E-state index contributed by atoms with van der Waals surface area (Å²) in [4.78, 5) is 10.7. The number of aryl methyl sites for hydroxylation is 4. The molecular weight excluding hydrogens is 499 g/mol. The van der Waals surface area contributed by atoms with E-state index in [2.05, 4.69) is 128 Å². The molecule has 2 aliphatic heterocycles. The van der Waals surface area contributed by atoms with Crippen molar-refractivity contribution in [3.05, 3.63) is 113 Å². The fraction of sp³-hybridized carbons (Fsp3) is 0.111. The average Bonchev–Trinajstić information content (AvgIpc) is 3.53. The second kappa shape index (κ2) is 7.85. The molecule has 0 aliphatic carbocycles. The number of benzene rings is 5. The number of nitrogens with zero attached hydrogens (tertiary/aromatic N) is 4. The molecule has 0 spiro atoms. The molecule has 0 saturated heterocycles. The van der Waals surface area contributed by atoms with Crippen molar-refractivity contribution >= 4 is 39.8 Å². The highest BCUT2D eigenvalue weighted by molar-refractivity contribution is 6.89. The van der Waals surface area contributed by atoms with E-state index < -0.39 is 0 Å². The third-order valence-corrected chi connectivity index (χ3v) is 9.27. The number of fused-ring (bicyclic) bond motifs is 4. The highest BCUT2D eigenvalue weighted by Crippen LogP contribution is 2.41. The Morgan fingerprint density at radius 2 is 1.07 bits per heavy atom. The lowest BCUT2D eigenvalue weighted by atomic mass is 9.45. The monoisotopic (exact) mass is 526 g/mol. The summed E-state index contributed by atoms with van der Waals surface area (Å²) in [6.45, 7) is 8.78. The van der Waals surface area contributed by atoms with E-state index in [4.69, 9.17) is 9.97 Å². The van der Waals surface area contributed by atoms with Gasteiger partial charge < -0.3 is 4.48 Å². The highest BCUT2D eigenvalue weighted by atomic mass is 15.1. The van der Waals surface area contributed by atoms with Gasteiger partial charge in [0.2, 0.25) is 0 Å². The number of rotatable bonds is 2. The summed E-state index contributed by atoms with van der Waals surface area (Å²) in [5.74, 6) is 2.05. The second-order valence-corrected chi connectivity index (χ2v) is 11.6. The van der Waals surface area contributed by atoms with Crippen molar-refractivity contribution in [1.29, 1.82) is 0 Å². The maximum absolute atomic E-state index is 5.35. The Morgan fingerprint density at radius 3 is 1.78 bits per heavy atom. The van der Waals surface area contributed by atoms with Crippen LogP contribution < -0.4 is 10.9 Å². The molecule has 4 heterocycles. The van der Waals surface area contributed by atoms with Gasteiger partial charge in [0.15, 0.2) is 0 Å². The first-order valence-electron chi connectivity index (χ1n) is 14.3. The largest absolute Gasteiger partial charge is 0.359 e. The van der Waals surface area contributed by atoms with Gasteiger partial charge in [0.05, 0.1) is 22.1 Å².